The molecule has 0 saturated carbocycles. The average molecular weight is 393 g/mol. The molecule has 5 nitrogen and oxygen atoms in total. The summed E-state index contributed by atoms with van der Waals surface area (Å²) < 4.78 is 14.6. The molecule has 0 aliphatic carbocycles. The fraction of sp³-hybridized carbons (Fsp3) is 0.278. The van der Waals surface area contributed by atoms with Crippen molar-refractivity contribution in [1.29, 1.82) is 0 Å². The summed E-state index contributed by atoms with van der Waals surface area (Å²) in [5, 5.41) is 3.60. The van der Waals surface area contributed by atoms with Crippen molar-refractivity contribution in [3.05, 3.63) is 58.6 Å². The molecule has 136 valence electrons. The van der Waals surface area contributed by atoms with Gasteiger partial charge in [-0.15, -0.1) is 0 Å². The number of hydrogen-bond donors (Lipinski definition) is 2. The quantitative estimate of drug-likeness (QED) is 0.817. The molecule has 1 atom stereocenters. The van der Waals surface area contributed by atoms with Gasteiger partial charge in [-0.2, -0.15) is 0 Å². The van der Waals surface area contributed by atoms with Crippen molar-refractivity contribution in [2.45, 2.75) is 25.3 Å². The van der Waals surface area contributed by atoms with Crippen LogP contribution in [0.2, 0.25) is 5.02 Å². The highest BCUT2D eigenvalue weighted by molar-refractivity contribution is 8.13. The number of aromatic nitrogens is 1. The van der Waals surface area contributed by atoms with Crippen molar-refractivity contribution >= 4 is 40.1 Å². The van der Waals surface area contributed by atoms with Crippen LogP contribution in [-0.4, -0.2) is 21.8 Å². The molecule has 1 aliphatic heterocycles. The van der Waals surface area contributed by atoms with E-state index >= 15 is 0 Å². The lowest BCUT2D eigenvalue weighted by atomic mass is 9.84. The first-order valence-corrected chi connectivity index (χ1v) is 9.51. The maximum absolute atomic E-state index is 14.6. The number of carbonyl (C=O) groups excluding carboxylic acids is 1. The zero-order chi connectivity index (χ0) is 18.7. The lowest BCUT2D eigenvalue weighted by Crippen LogP contribution is -2.32. The van der Waals surface area contributed by atoms with Crippen LogP contribution < -0.4 is 11.1 Å². The van der Waals surface area contributed by atoms with Gasteiger partial charge in [0.2, 0.25) is 0 Å². The van der Waals surface area contributed by atoms with Crippen LogP contribution in [0.4, 0.5) is 10.1 Å². The highest BCUT2D eigenvalue weighted by Gasteiger charge is 2.35. The molecule has 0 radical (unpaired) electrons. The third kappa shape index (κ3) is 3.83. The predicted octanol–water partition coefficient (Wildman–Crippen LogP) is 4.18. The molecule has 1 aromatic carbocycles. The Morgan fingerprint density at radius 3 is 2.92 bits per heavy atom. The van der Waals surface area contributed by atoms with E-state index in [1.54, 1.807) is 12.1 Å². The van der Waals surface area contributed by atoms with E-state index < -0.39 is 11.4 Å². The Bertz CT molecular complexity index is 876. The van der Waals surface area contributed by atoms with Gasteiger partial charge in [0.15, 0.2) is 5.17 Å². The second-order valence-corrected chi connectivity index (χ2v) is 7.49. The van der Waals surface area contributed by atoms with Gasteiger partial charge in [0.25, 0.3) is 5.91 Å². The van der Waals surface area contributed by atoms with E-state index in [1.165, 1.54) is 36.2 Å². The van der Waals surface area contributed by atoms with E-state index in [4.69, 9.17) is 17.3 Å². The summed E-state index contributed by atoms with van der Waals surface area (Å²) in [6.07, 6.45) is 2.74. The molecule has 0 saturated heterocycles. The summed E-state index contributed by atoms with van der Waals surface area (Å²) in [4.78, 5) is 20.9. The zero-order valence-corrected chi connectivity index (χ0v) is 15.7. The van der Waals surface area contributed by atoms with Gasteiger partial charge in [0.1, 0.15) is 11.5 Å². The summed E-state index contributed by atoms with van der Waals surface area (Å²) in [6.45, 7) is 1.95. The molecule has 0 unspecified atom stereocenters. The van der Waals surface area contributed by atoms with Crippen molar-refractivity contribution in [3.8, 4) is 0 Å². The molecule has 26 heavy (non-hydrogen) atoms. The van der Waals surface area contributed by atoms with Crippen molar-refractivity contribution in [2.75, 3.05) is 11.1 Å². The van der Waals surface area contributed by atoms with Crippen molar-refractivity contribution in [1.82, 2.24) is 4.98 Å². The van der Waals surface area contributed by atoms with Gasteiger partial charge in [0.05, 0.1) is 5.54 Å². The molecule has 8 heteroatoms. The SMILES string of the molecule is CC[C@@]1(c2cc(NC(=O)c3cc(Cl)ccn3)ccc2F)CCSC(N)=N1. The Morgan fingerprint density at radius 2 is 2.23 bits per heavy atom. The number of nitrogens with zero attached hydrogens (tertiary/aromatic N) is 2. The minimum absolute atomic E-state index is 0.185. The molecular formula is C18H18ClFN4OS. The third-order valence-corrected chi connectivity index (χ3v) is 5.39. The number of hydrogen-bond acceptors (Lipinski definition) is 5. The minimum atomic E-state index is -0.714. The Hall–Kier alpha value is -2.12. The largest absolute Gasteiger partial charge is 0.379 e. The monoisotopic (exact) mass is 392 g/mol. The van der Waals surface area contributed by atoms with Gasteiger partial charge in [0, 0.05) is 28.2 Å². The number of carbonyl (C=O) groups is 1. The third-order valence-electron chi connectivity index (χ3n) is 4.35. The summed E-state index contributed by atoms with van der Waals surface area (Å²) in [6, 6.07) is 7.52. The predicted molar refractivity (Wildman–Crippen MR) is 104 cm³/mol. The molecule has 1 aromatic heterocycles. The number of amidine groups is 1. The molecule has 3 rings (SSSR count). The lowest BCUT2D eigenvalue weighted by molar-refractivity contribution is 0.102. The van der Waals surface area contributed by atoms with Crippen LogP contribution in [0.15, 0.2) is 41.5 Å². The molecule has 0 fully saturated rings. The molecule has 0 spiro atoms. The average Bonchev–Trinajstić information content (AvgIpc) is 2.63. The normalized spacial score (nSPS) is 19.7. The first kappa shape index (κ1) is 18.7. The highest BCUT2D eigenvalue weighted by atomic mass is 35.5. The number of nitrogens with two attached hydrogens (primary N) is 1. The van der Waals surface area contributed by atoms with Crippen LogP contribution in [0.1, 0.15) is 35.8 Å². The standard InChI is InChI=1S/C18H18ClFN4OS/c1-2-18(6-8-26-17(21)24-18)13-10-12(3-4-14(13)20)23-16(25)15-9-11(19)5-7-22-15/h3-5,7,9-10H,2,6,8H2,1H3,(H2,21,24)(H,23,25)/t18-/m0/s1. The van der Waals surface area contributed by atoms with E-state index in [2.05, 4.69) is 15.3 Å². The minimum Gasteiger partial charge on any atom is -0.379 e. The number of rotatable bonds is 4. The van der Waals surface area contributed by atoms with E-state index in [-0.39, 0.29) is 11.5 Å². The number of aliphatic imine (C=N–C) groups is 1. The van der Waals surface area contributed by atoms with Gasteiger partial charge in [-0.25, -0.2) is 4.39 Å². The smallest absolute Gasteiger partial charge is 0.274 e. The second-order valence-electron chi connectivity index (χ2n) is 5.94. The first-order chi connectivity index (χ1) is 12.4. The van der Waals surface area contributed by atoms with Gasteiger partial charge in [-0.05, 0) is 43.2 Å². The van der Waals surface area contributed by atoms with Crippen LogP contribution in [-0.2, 0) is 5.54 Å². The molecule has 2 aromatic rings. The number of benzene rings is 1. The molecule has 1 amide bonds. The molecular weight excluding hydrogens is 375 g/mol. The van der Waals surface area contributed by atoms with Crippen LogP contribution in [0, 0.1) is 5.82 Å². The van der Waals surface area contributed by atoms with E-state index in [9.17, 15) is 9.18 Å². The van der Waals surface area contributed by atoms with Crippen LogP contribution in [0.3, 0.4) is 0 Å². The van der Waals surface area contributed by atoms with Crippen molar-refractivity contribution in [3.63, 3.8) is 0 Å². The Kier molecular flexibility index (Phi) is 5.48. The van der Waals surface area contributed by atoms with Crippen LogP contribution in [0.25, 0.3) is 0 Å². The summed E-state index contributed by atoms with van der Waals surface area (Å²) in [7, 11) is 0. The summed E-state index contributed by atoms with van der Waals surface area (Å²) in [5.74, 6) is -0.0157. The summed E-state index contributed by atoms with van der Waals surface area (Å²) in [5.41, 5.74) is 6.25. The maximum Gasteiger partial charge on any atom is 0.274 e. The Balaban J connectivity index is 1.93. The zero-order valence-electron chi connectivity index (χ0n) is 14.1. The van der Waals surface area contributed by atoms with E-state index in [0.29, 0.717) is 34.3 Å². The fourth-order valence-electron chi connectivity index (χ4n) is 2.95. The number of pyridine rings is 1. The van der Waals surface area contributed by atoms with Gasteiger partial charge < -0.3 is 11.1 Å². The van der Waals surface area contributed by atoms with E-state index in [1.807, 2.05) is 6.92 Å². The maximum atomic E-state index is 14.6. The number of nitrogens with one attached hydrogen (secondary N) is 1. The summed E-state index contributed by atoms with van der Waals surface area (Å²) >= 11 is 7.36. The number of anilines is 1. The lowest BCUT2D eigenvalue weighted by Gasteiger charge is -2.33. The topological polar surface area (TPSA) is 80.4 Å². The molecule has 1 aliphatic rings. The highest BCUT2D eigenvalue weighted by Crippen LogP contribution is 2.40. The van der Waals surface area contributed by atoms with Crippen molar-refractivity contribution in [2.24, 2.45) is 10.7 Å². The van der Waals surface area contributed by atoms with Gasteiger partial charge in [-0.3, -0.25) is 14.8 Å². The fourth-order valence-corrected chi connectivity index (χ4v) is 4.00. The number of thioether (sulfide) groups is 1. The van der Waals surface area contributed by atoms with Crippen molar-refractivity contribution < 1.29 is 9.18 Å². The molecule has 2 heterocycles. The Labute approximate surface area is 160 Å². The first-order valence-electron chi connectivity index (χ1n) is 8.14. The molecule has 0 bridgehead atoms. The van der Waals surface area contributed by atoms with Crippen LogP contribution >= 0.6 is 23.4 Å². The Morgan fingerprint density at radius 1 is 1.42 bits per heavy atom. The molecule has 3 N–H and O–H groups in total. The van der Waals surface area contributed by atoms with Gasteiger partial charge in [-0.1, -0.05) is 30.3 Å². The van der Waals surface area contributed by atoms with E-state index in [0.717, 1.165) is 5.75 Å². The number of halogens is 2. The number of amides is 1. The second kappa shape index (κ2) is 7.63. The van der Waals surface area contributed by atoms with Gasteiger partial charge >= 0.3 is 0 Å². The van der Waals surface area contributed by atoms with Crippen LogP contribution in [0.5, 0.6) is 0 Å².